The van der Waals surface area contributed by atoms with E-state index in [0.29, 0.717) is 12.2 Å². The molecule has 0 unspecified atom stereocenters. The molecule has 1 rings (SSSR count). The molecule has 0 spiro atoms. The SMILES string of the molecule is CC(C)(N)CCNc1ccccc1F. The van der Waals surface area contributed by atoms with Crippen LogP contribution < -0.4 is 11.1 Å². The van der Waals surface area contributed by atoms with Crippen molar-refractivity contribution in [2.75, 3.05) is 11.9 Å². The van der Waals surface area contributed by atoms with Crippen molar-refractivity contribution in [3.63, 3.8) is 0 Å². The van der Waals surface area contributed by atoms with Gasteiger partial charge in [-0.15, -0.1) is 0 Å². The van der Waals surface area contributed by atoms with Crippen LogP contribution >= 0.6 is 0 Å². The van der Waals surface area contributed by atoms with Crippen molar-refractivity contribution < 1.29 is 4.39 Å². The molecule has 0 amide bonds. The Hall–Kier alpha value is -1.09. The van der Waals surface area contributed by atoms with Crippen LogP contribution in [0, 0.1) is 5.82 Å². The predicted octanol–water partition coefficient (Wildman–Crippen LogP) is 2.37. The van der Waals surface area contributed by atoms with Crippen molar-refractivity contribution in [1.29, 1.82) is 0 Å². The minimum Gasteiger partial charge on any atom is -0.383 e. The Morgan fingerprint density at radius 1 is 1.36 bits per heavy atom. The van der Waals surface area contributed by atoms with Gasteiger partial charge in [-0.3, -0.25) is 0 Å². The first kappa shape index (κ1) is 11.0. The van der Waals surface area contributed by atoms with E-state index in [4.69, 9.17) is 5.73 Å². The van der Waals surface area contributed by atoms with Crippen molar-refractivity contribution in [2.45, 2.75) is 25.8 Å². The number of para-hydroxylation sites is 1. The number of rotatable bonds is 4. The lowest BCUT2D eigenvalue weighted by Crippen LogP contribution is -2.34. The summed E-state index contributed by atoms with van der Waals surface area (Å²) < 4.78 is 13.1. The molecular weight excluding hydrogens is 179 g/mol. The van der Waals surface area contributed by atoms with E-state index in [-0.39, 0.29) is 11.4 Å². The van der Waals surface area contributed by atoms with Gasteiger partial charge in [-0.1, -0.05) is 12.1 Å². The van der Waals surface area contributed by atoms with Crippen molar-refractivity contribution >= 4 is 5.69 Å². The molecule has 3 heteroatoms. The zero-order chi connectivity index (χ0) is 10.6. The predicted molar refractivity (Wildman–Crippen MR) is 57.8 cm³/mol. The van der Waals surface area contributed by atoms with Crippen LogP contribution in [0.4, 0.5) is 10.1 Å². The fraction of sp³-hybridized carbons (Fsp3) is 0.455. The van der Waals surface area contributed by atoms with Crippen LogP contribution in [0.5, 0.6) is 0 Å². The fourth-order valence-corrected chi connectivity index (χ4v) is 1.12. The molecule has 14 heavy (non-hydrogen) atoms. The van der Waals surface area contributed by atoms with Gasteiger partial charge in [0.2, 0.25) is 0 Å². The summed E-state index contributed by atoms with van der Waals surface area (Å²) in [6.45, 7) is 4.59. The molecule has 0 aromatic heterocycles. The zero-order valence-corrected chi connectivity index (χ0v) is 8.68. The van der Waals surface area contributed by atoms with E-state index in [1.165, 1.54) is 6.07 Å². The molecule has 2 nitrogen and oxygen atoms in total. The van der Waals surface area contributed by atoms with Gasteiger partial charge in [0.15, 0.2) is 0 Å². The minimum absolute atomic E-state index is 0.210. The van der Waals surface area contributed by atoms with Gasteiger partial charge in [-0.25, -0.2) is 4.39 Å². The molecule has 1 aromatic rings. The Kier molecular flexibility index (Phi) is 3.47. The van der Waals surface area contributed by atoms with E-state index in [1.54, 1.807) is 18.2 Å². The second kappa shape index (κ2) is 4.42. The third-order valence-electron chi connectivity index (χ3n) is 1.96. The monoisotopic (exact) mass is 196 g/mol. The minimum atomic E-state index is -0.220. The number of hydrogen-bond acceptors (Lipinski definition) is 2. The van der Waals surface area contributed by atoms with Crippen molar-refractivity contribution in [3.05, 3.63) is 30.1 Å². The van der Waals surface area contributed by atoms with Gasteiger partial charge in [-0.05, 0) is 32.4 Å². The first-order chi connectivity index (χ1) is 6.49. The van der Waals surface area contributed by atoms with Crippen molar-refractivity contribution in [2.24, 2.45) is 5.73 Å². The average molecular weight is 196 g/mol. The maximum absolute atomic E-state index is 13.1. The van der Waals surface area contributed by atoms with Crippen LogP contribution in [0.1, 0.15) is 20.3 Å². The second-order valence-electron chi connectivity index (χ2n) is 4.15. The fourth-order valence-electron chi connectivity index (χ4n) is 1.12. The molecule has 0 heterocycles. The van der Waals surface area contributed by atoms with E-state index in [9.17, 15) is 4.39 Å². The highest BCUT2D eigenvalue weighted by atomic mass is 19.1. The highest BCUT2D eigenvalue weighted by Crippen LogP contribution is 2.13. The normalized spacial score (nSPS) is 11.4. The first-order valence-electron chi connectivity index (χ1n) is 4.76. The summed E-state index contributed by atoms with van der Waals surface area (Å²) in [5, 5.41) is 3.01. The molecule has 0 aliphatic carbocycles. The van der Waals surface area contributed by atoms with Gasteiger partial charge in [0.05, 0.1) is 5.69 Å². The second-order valence-corrected chi connectivity index (χ2v) is 4.15. The van der Waals surface area contributed by atoms with Crippen LogP contribution in [-0.4, -0.2) is 12.1 Å². The van der Waals surface area contributed by atoms with Crippen LogP contribution in [0.3, 0.4) is 0 Å². The number of nitrogens with one attached hydrogen (secondary N) is 1. The lowest BCUT2D eigenvalue weighted by Gasteiger charge is -2.18. The number of nitrogens with two attached hydrogens (primary N) is 1. The van der Waals surface area contributed by atoms with Gasteiger partial charge in [0.1, 0.15) is 5.82 Å². The molecule has 0 saturated heterocycles. The quantitative estimate of drug-likeness (QED) is 0.775. The maximum Gasteiger partial charge on any atom is 0.146 e. The molecule has 78 valence electrons. The zero-order valence-electron chi connectivity index (χ0n) is 8.68. The Labute approximate surface area is 84.3 Å². The Bertz CT molecular complexity index is 292. The first-order valence-corrected chi connectivity index (χ1v) is 4.76. The van der Waals surface area contributed by atoms with Gasteiger partial charge in [0, 0.05) is 12.1 Å². The molecule has 0 saturated carbocycles. The molecular formula is C11H17FN2. The highest BCUT2D eigenvalue weighted by Gasteiger charge is 2.09. The van der Waals surface area contributed by atoms with Crippen LogP contribution in [0.2, 0.25) is 0 Å². The smallest absolute Gasteiger partial charge is 0.146 e. The molecule has 0 fully saturated rings. The molecule has 0 bridgehead atoms. The maximum atomic E-state index is 13.1. The third kappa shape index (κ3) is 3.75. The lowest BCUT2D eigenvalue weighted by molar-refractivity contribution is 0.490. The van der Waals surface area contributed by atoms with Gasteiger partial charge in [0.25, 0.3) is 0 Å². The summed E-state index contributed by atoms with van der Waals surface area (Å²) in [6.07, 6.45) is 0.807. The standard InChI is InChI=1S/C11H17FN2/c1-11(2,13)7-8-14-10-6-4-3-5-9(10)12/h3-6,14H,7-8,13H2,1-2H3. The van der Waals surface area contributed by atoms with E-state index in [1.807, 2.05) is 13.8 Å². The Balaban J connectivity index is 2.43. The average Bonchev–Trinajstić information content (AvgIpc) is 2.06. The molecule has 0 atom stereocenters. The number of benzene rings is 1. The van der Waals surface area contributed by atoms with Crippen molar-refractivity contribution in [1.82, 2.24) is 0 Å². The van der Waals surface area contributed by atoms with Gasteiger partial charge >= 0.3 is 0 Å². The Morgan fingerprint density at radius 3 is 2.57 bits per heavy atom. The van der Waals surface area contributed by atoms with Crippen LogP contribution in [0.15, 0.2) is 24.3 Å². The topological polar surface area (TPSA) is 38.0 Å². The van der Waals surface area contributed by atoms with Gasteiger partial charge < -0.3 is 11.1 Å². The van der Waals surface area contributed by atoms with Crippen molar-refractivity contribution in [3.8, 4) is 0 Å². The summed E-state index contributed by atoms with van der Waals surface area (Å²) in [7, 11) is 0. The van der Waals surface area contributed by atoms with Crippen LogP contribution in [0.25, 0.3) is 0 Å². The number of hydrogen-bond donors (Lipinski definition) is 2. The summed E-state index contributed by atoms with van der Waals surface area (Å²) in [5.74, 6) is -0.220. The summed E-state index contributed by atoms with van der Waals surface area (Å²) in [4.78, 5) is 0. The largest absolute Gasteiger partial charge is 0.383 e. The van der Waals surface area contributed by atoms with E-state index >= 15 is 0 Å². The van der Waals surface area contributed by atoms with E-state index in [0.717, 1.165) is 6.42 Å². The summed E-state index contributed by atoms with van der Waals surface area (Å²) in [6, 6.07) is 6.64. The molecule has 1 aromatic carbocycles. The molecule has 0 aliphatic rings. The summed E-state index contributed by atoms with van der Waals surface area (Å²) >= 11 is 0. The molecule has 0 radical (unpaired) electrons. The third-order valence-corrected chi connectivity index (χ3v) is 1.96. The number of anilines is 1. The Morgan fingerprint density at radius 2 is 2.00 bits per heavy atom. The van der Waals surface area contributed by atoms with Crippen LogP contribution in [-0.2, 0) is 0 Å². The molecule has 3 N–H and O–H groups in total. The lowest BCUT2D eigenvalue weighted by atomic mass is 10.0. The van der Waals surface area contributed by atoms with Gasteiger partial charge in [-0.2, -0.15) is 0 Å². The van der Waals surface area contributed by atoms with E-state index in [2.05, 4.69) is 5.32 Å². The summed E-state index contributed by atoms with van der Waals surface area (Å²) in [5.41, 5.74) is 6.13. The number of halogens is 1. The van der Waals surface area contributed by atoms with E-state index < -0.39 is 0 Å². The highest BCUT2D eigenvalue weighted by molar-refractivity contribution is 5.44. The molecule has 0 aliphatic heterocycles.